The first-order chi connectivity index (χ1) is 9.55. The van der Waals surface area contributed by atoms with Crippen molar-refractivity contribution >= 4 is 21.4 Å². The SMILES string of the molecule is O=C(c1ccc2c(c1)CCCN2)N1CCS(=O)(=O)CC1. The quantitative estimate of drug-likeness (QED) is 0.836. The first-order valence-corrected chi connectivity index (χ1v) is 8.74. The molecule has 0 atom stereocenters. The van der Waals surface area contributed by atoms with E-state index in [9.17, 15) is 13.2 Å². The van der Waals surface area contributed by atoms with Crippen molar-refractivity contribution in [2.45, 2.75) is 12.8 Å². The predicted octanol–water partition coefficient (Wildman–Crippen LogP) is 0.915. The summed E-state index contributed by atoms with van der Waals surface area (Å²) in [5, 5.41) is 3.31. The van der Waals surface area contributed by atoms with Crippen molar-refractivity contribution in [3.63, 3.8) is 0 Å². The van der Waals surface area contributed by atoms with Crippen LogP contribution in [0, 0.1) is 0 Å². The first-order valence-electron chi connectivity index (χ1n) is 6.92. The number of carbonyl (C=O) groups is 1. The molecule has 20 heavy (non-hydrogen) atoms. The maximum Gasteiger partial charge on any atom is 0.253 e. The van der Waals surface area contributed by atoms with E-state index in [4.69, 9.17) is 0 Å². The van der Waals surface area contributed by atoms with Gasteiger partial charge in [0.1, 0.15) is 0 Å². The third-order valence-electron chi connectivity index (χ3n) is 3.92. The number of nitrogens with one attached hydrogen (secondary N) is 1. The summed E-state index contributed by atoms with van der Waals surface area (Å²) >= 11 is 0. The van der Waals surface area contributed by atoms with E-state index in [0.29, 0.717) is 18.7 Å². The van der Waals surface area contributed by atoms with Crippen molar-refractivity contribution in [3.05, 3.63) is 29.3 Å². The summed E-state index contributed by atoms with van der Waals surface area (Å²) in [5.41, 5.74) is 2.94. The van der Waals surface area contributed by atoms with E-state index in [2.05, 4.69) is 5.32 Å². The molecule has 1 N–H and O–H groups in total. The van der Waals surface area contributed by atoms with Gasteiger partial charge in [0.05, 0.1) is 11.5 Å². The van der Waals surface area contributed by atoms with E-state index >= 15 is 0 Å². The number of nitrogens with zero attached hydrogens (tertiary/aromatic N) is 1. The van der Waals surface area contributed by atoms with Crippen molar-refractivity contribution in [2.75, 3.05) is 36.5 Å². The van der Waals surface area contributed by atoms with Crippen LogP contribution in [-0.2, 0) is 16.3 Å². The van der Waals surface area contributed by atoms with Crippen LogP contribution in [0.2, 0.25) is 0 Å². The summed E-state index contributed by atoms with van der Waals surface area (Å²) in [5.74, 6) is 0.0875. The predicted molar refractivity (Wildman–Crippen MR) is 77.8 cm³/mol. The van der Waals surface area contributed by atoms with Gasteiger partial charge in [0.2, 0.25) is 0 Å². The first kappa shape index (κ1) is 13.4. The third kappa shape index (κ3) is 2.65. The van der Waals surface area contributed by atoms with Crippen LogP contribution in [0.15, 0.2) is 18.2 Å². The molecule has 108 valence electrons. The molecule has 1 amide bonds. The summed E-state index contributed by atoms with van der Waals surface area (Å²) in [4.78, 5) is 14.0. The minimum Gasteiger partial charge on any atom is -0.385 e. The van der Waals surface area contributed by atoms with E-state index in [1.807, 2.05) is 18.2 Å². The molecule has 1 aromatic rings. The second kappa shape index (κ2) is 5.09. The van der Waals surface area contributed by atoms with Gasteiger partial charge in [-0.25, -0.2) is 8.42 Å². The molecule has 6 heteroatoms. The molecule has 0 aliphatic carbocycles. The number of aryl methyl sites for hydroxylation is 1. The average Bonchev–Trinajstić information content (AvgIpc) is 2.46. The molecule has 2 aliphatic heterocycles. The van der Waals surface area contributed by atoms with Crippen LogP contribution in [-0.4, -0.2) is 50.4 Å². The largest absolute Gasteiger partial charge is 0.385 e. The Kier molecular flexibility index (Phi) is 3.41. The Bertz CT molecular complexity index is 626. The van der Waals surface area contributed by atoms with E-state index < -0.39 is 9.84 Å². The molecular formula is C14H18N2O3S. The van der Waals surface area contributed by atoms with Crippen molar-refractivity contribution in [2.24, 2.45) is 0 Å². The van der Waals surface area contributed by atoms with Crippen LogP contribution in [0.25, 0.3) is 0 Å². The molecule has 0 radical (unpaired) electrons. The Balaban J connectivity index is 1.77. The maximum absolute atomic E-state index is 12.4. The summed E-state index contributed by atoms with van der Waals surface area (Å²) in [7, 11) is -2.95. The number of hydrogen-bond acceptors (Lipinski definition) is 4. The number of hydrogen-bond donors (Lipinski definition) is 1. The van der Waals surface area contributed by atoms with Crippen molar-refractivity contribution in [3.8, 4) is 0 Å². The average molecular weight is 294 g/mol. The van der Waals surface area contributed by atoms with Crippen LogP contribution in [0.3, 0.4) is 0 Å². The van der Waals surface area contributed by atoms with Gasteiger partial charge in [-0.15, -0.1) is 0 Å². The third-order valence-corrected chi connectivity index (χ3v) is 5.53. The highest BCUT2D eigenvalue weighted by molar-refractivity contribution is 7.91. The van der Waals surface area contributed by atoms with Crippen molar-refractivity contribution in [1.82, 2.24) is 4.90 Å². The number of fused-ring (bicyclic) bond motifs is 1. The fourth-order valence-corrected chi connectivity index (χ4v) is 3.91. The van der Waals surface area contributed by atoms with Gasteiger partial charge in [0.15, 0.2) is 9.84 Å². The maximum atomic E-state index is 12.4. The number of anilines is 1. The molecule has 0 spiro atoms. The van der Waals surface area contributed by atoms with Gasteiger partial charge in [-0.05, 0) is 36.6 Å². The summed E-state index contributed by atoms with van der Waals surface area (Å²) in [6.45, 7) is 1.58. The topological polar surface area (TPSA) is 66.5 Å². The lowest BCUT2D eigenvalue weighted by Crippen LogP contribution is -2.43. The lowest BCUT2D eigenvalue weighted by atomic mass is 10.0. The molecule has 1 saturated heterocycles. The molecule has 2 heterocycles. The van der Waals surface area contributed by atoms with Gasteiger partial charge in [0.25, 0.3) is 5.91 Å². The highest BCUT2D eigenvalue weighted by Gasteiger charge is 2.26. The molecule has 5 nitrogen and oxygen atoms in total. The zero-order chi connectivity index (χ0) is 14.2. The van der Waals surface area contributed by atoms with Gasteiger partial charge in [-0.1, -0.05) is 0 Å². The molecule has 3 rings (SSSR count). The van der Waals surface area contributed by atoms with E-state index in [0.717, 1.165) is 25.1 Å². The van der Waals surface area contributed by atoms with E-state index in [1.165, 1.54) is 5.56 Å². The van der Waals surface area contributed by atoms with E-state index in [-0.39, 0.29) is 17.4 Å². The Morgan fingerprint density at radius 2 is 1.95 bits per heavy atom. The van der Waals surface area contributed by atoms with Crippen molar-refractivity contribution in [1.29, 1.82) is 0 Å². The second-order valence-corrected chi connectivity index (χ2v) is 7.65. The second-order valence-electron chi connectivity index (χ2n) is 5.35. The van der Waals surface area contributed by atoms with Gasteiger partial charge >= 0.3 is 0 Å². The standard InChI is InChI=1S/C14H18N2O3S/c17-14(16-6-8-20(18,19)9-7-16)12-3-4-13-11(10-12)2-1-5-15-13/h3-4,10,15H,1-2,5-9H2. The van der Waals surface area contributed by atoms with Crippen LogP contribution in [0.1, 0.15) is 22.3 Å². The zero-order valence-corrected chi connectivity index (χ0v) is 12.1. The lowest BCUT2D eigenvalue weighted by Gasteiger charge is -2.27. The number of benzene rings is 1. The molecule has 0 unspecified atom stereocenters. The molecule has 0 aromatic heterocycles. The van der Waals surface area contributed by atoms with Crippen molar-refractivity contribution < 1.29 is 13.2 Å². The summed E-state index contributed by atoms with van der Waals surface area (Å²) in [6, 6.07) is 5.71. The molecule has 0 saturated carbocycles. The summed E-state index contributed by atoms with van der Waals surface area (Å²) in [6.07, 6.45) is 2.06. The summed E-state index contributed by atoms with van der Waals surface area (Å²) < 4.78 is 22.8. The molecule has 1 aromatic carbocycles. The number of carbonyl (C=O) groups excluding carboxylic acids is 1. The fourth-order valence-electron chi connectivity index (χ4n) is 2.71. The Labute approximate surface area is 118 Å². The van der Waals surface area contributed by atoms with Crippen LogP contribution in [0.5, 0.6) is 0 Å². The Morgan fingerprint density at radius 3 is 2.70 bits per heavy atom. The minimum atomic E-state index is -2.95. The van der Waals surface area contributed by atoms with Gasteiger partial charge in [-0.2, -0.15) is 0 Å². The molecule has 2 aliphatic rings. The Morgan fingerprint density at radius 1 is 1.20 bits per heavy atom. The van der Waals surface area contributed by atoms with Crippen LogP contribution in [0.4, 0.5) is 5.69 Å². The highest BCUT2D eigenvalue weighted by Crippen LogP contribution is 2.23. The van der Waals surface area contributed by atoms with Crippen LogP contribution >= 0.6 is 0 Å². The monoisotopic (exact) mass is 294 g/mol. The highest BCUT2D eigenvalue weighted by atomic mass is 32.2. The van der Waals surface area contributed by atoms with Gasteiger partial charge in [-0.3, -0.25) is 4.79 Å². The number of rotatable bonds is 1. The molecular weight excluding hydrogens is 276 g/mol. The van der Waals surface area contributed by atoms with Gasteiger partial charge < -0.3 is 10.2 Å². The van der Waals surface area contributed by atoms with E-state index in [1.54, 1.807) is 4.90 Å². The van der Waals surface area contributed by atoms with Gasteiger partial charge in [0, 0.05) is 30.9 Å². The minimum absolute atomic E-state index is 0.0618. The fraction of sp³-hybridized carbons (Fsp3) is 0.500. The number of sulfone groups is 1. The smallest absolute Gasteiger partial charge is 0.253 e. The normalized spacial score (nSPS) is 20.9. The van der Waals surface area contributed by atoms with Crippen LogP contribution < -0.4 is 5.32 Å². The molecule has 0 bridgehead atoms. The lowest BCUT2D eigenvalue weighted by molar-refractivity contribution is 0.0770. The molecule has 1 fully saturated rings. The Hall–Kier alpha value is -1.56. The zero-order valence-electron chi connectivity index (χ0n) is 11.3. The number of amides is 1.